The first-order chi connectivity index (χ1) is 28.3. The lowest BCUT2D eigenvalue weighted by molar-refractivity contribution is 0.669. The van der Waals surface area contributed by atoms with Gasteiger partial charge in [-0.3, -0.25) is 0 Å². The first-order valence-electron chi connectivity index (χ1n) is 19.0. The quantitative estimate of drug-likeness (QED) is 0.176. The lowest BCUT2D eigenvalue weighted by Crippen LogP contribution is -2.00. The zero-order valence-corrected chi connectivity index (χ0v) is 30.4. The standard InChI is InChI=1S/C51H30N4O2/c1-3-15-31(16-4-1)49-52-50(38-24-13-29-43-46(38)36-20-8-10-28-42(36)56-43)54-51(53-49)39-25-14-30-44-47(39)37-23-11-22-34(48(37)57-44)33-21-12-27-41-45(33)35-19-7-9-26-40(35)55(41)32-17-5-2-6-18-32/h1-30H. The SMILES string of the molecule is c1ccc(-c2nc(-c3cccc4oc5ccccc5c34)nc(-c3cccc4oc5c(-c6cccc7c6c6ccccc6n7-c6ccccc6)cccc5c34)n2)cc1. The molecule has 4 aromatic heterocycles. The Morgan fingerprint density at radius 3 is 1.65 bits per heavy atom. The smallest absolute Gasteiger partial charge is 0.164 e. The topological polar surface area (TPSA) is 69.9 Å². The number of furan rings is 2. The van der Waals surface area contributed by atoms with E-state index in [0.717, 1.165) is 88.4 Å². The third-order valence-corrected chi connectivity index (χ3v) is 11.1. The molecule has 4 heterocycles. The number of aromatic nitrogens is 4. The summed E-state index contributed by atoms with van der Waals surface area (Å²) in [6.07, 6.45) is 0. The number of hydrogen-bond donors (Lipinski definition) is 0. The van der Waals surface area contributed by atoms with Crippen LogP contribution in [0.3, 0.4) is 0 Å². The highest BCUT2D eigenvalue weighted by Gasteiger charge is 2.23. The fraction of sp³-hybridized carbons (Fsp3) is 0. The van der Waals surface area contributed by atoms with Crippen LogP contribution in [0.1, 0.15) is 0 Å². The summed E-state index contributed by atoms with van der Waals surface area (Å²) >= 11 is 0. The highest BCUT2D eigenvalue weighted by molar-refractivity contribution is 6.20. The molecule has 0 spiro atoms. The van der Waals surface area contributed by atoms with Crippen molar-refractivity contribution in [3.8, 4) is 51.0 Å². The minimum absolute atomic E-state index is 0.565. The average molecular weight is 731 g/mol. The van der Waals surface area contributed by atoms with Crippen molar-refractivity contribution in [2.24, 2.45) is 0 Å². The number of fused-ring (bicyclic) bond motifs is 9. The van der Waals surface area contributed by atoms with Gasteiger partial charge in [0.15, 0.2) is 17.5 Å². The molecule has 0 radical (unpaired) electrons. The van der Waals surface area contributed by atoms with Gasteiger partial charge in [0.05, 0.1) is 11.0 Å². The van der Waals surface area contributed by atoms with Crippen molar-refractivity contribution in [2.45, 2.75) is 0 Å². The highest BCUT2D eigenvalue weighted by atomic mass is 16.3. The molecule has 266 valence electrons. The predicted molar refractivity (Wildman–Crippen MR) is 230 cm³/mol. The number of para-hydroxylation sites is 4. The molecule has 6 heteroatoms. The number of benzene rings is 8. The molecule has 57 heavy (non-hydrogen) atoms. The maximum Gasteiger partial charge on any atom is 0.164 e. The molecule has 0 unspecified atom stereocenters. The highest BCUT2D eigenvalue weighted by Crippen LogP contribution is 2.45. The summed E-state index contributed by atoms with van der Waals surface area (Å²) in [7, 11) is 0. The van der Waals surface area contributed by atoms with Gasteiger partial charge >= 0.3 is 0 Å². The fourth-order valence-corrected chi connectivity index (χ4v) is 8.64. The van der Waals surface area contributed by atoms with E-state index in [4.69, 9.17) is 23.8 Å². The van der Waals surface area contributed by atoms with Crippen LogP contribution in [0.2, 0.25) is 0 Å². The monoisotopic (exact) mass is 730 g/mol. The zero-order valence-electron chi connectivity index (χ0n) is 30.4. The Labute approximate surface area is 325 Å². The second-order valence-corrected chi connectivity index (χ2v) is 14.3. The Morgan fingerprint density at radius 2 is 0.860 bits per heavy atom. The molecule has 0 aliphatic heterocycles. The van der Waals surface area contributed by atoms with Crippen LogP contribution in [0.4, 0.5) is 0 Å². The molecule has 0 bridgehead atoms. The molecule has 12 aromatic rings. The van der Waals surface area contributed by atoms with Crippen LogP contribution in [0, 0.1) is 0 Å². The van der Waals surface area contributed by atoms with Gasteiger partial charge in [-0.2, -0.15) is 0 Å². The van der Waals surface area contributed by atoms with E-state index in [2.05, 4.69) is 114 Å². The summed E-state index contributed by atoms with van der Waals surface area (Å²) in [5.41, 5.74) is 11.4. The zero-order chi connectivity index (χ0) is 37.5. The summed E-state index contributed by atoms with van der Waals surface area (Å²) in [6.45, 7) is 0. The summed E-state index contributed by atoms with van der Waals surface area (Å²) in [6, 6.07) is 62.5. The lowest BCUT2D eigenvalue weighted by atomic mass is 9.96. The van der Waals surface area contributed by atoms with Gasteiger partial charge in [-0.25, -0.2) is 15.0 Å². The minimum Gasteiger partial charge on any atom is -0.456 e. The Bertz CT molecular complexity index is 3530. The van der Waals surface area contributed by atoms with Crippen LogP contribution in [0.15, 0.2) is 191 Å². The van der Waals surface area contributed by atoms with Crippen molar-refractivity contribution >= 4 is 65.7 Å². The van der Waals surface area contributed by atoms with Gasteiger partial charge in [-0.05, 0) is 48.0 Å². The molecule has 0 saturated carbocycles. The van der Waals surface area contributed by atoms with Crippen LogP contribution >= 0.6 is 0 Å². The number of hydrogen-bond acceptors (Lipinski definition) is 5. The van der Waals surface area contributed by atoms with Crippen molar-refractivity contribution in [1.82, 2.24) is 19.5 Å². The molecular weight excluding hydrogens is 701 g/mol. The maximum absolute atomic E-state index is 6.89. The Kier molecular flexibility index (Phi) is 6.83. The fourth-order valence-electron chi connectivity index (χ4n) is 8.64. The van der Waals surface area contributed by atoms with Gasteiger partial charge in [0.25, 0.3) is 0 Å². The number of nitrogens with zero attached hydrogens (tertiary/aromatic N) is 4. The van der Waals surface area contributed by atoms with Gasteiger partial charge in [-0.1, -0.05) is 140 Å². The van der Waals surface area contributed by atoms with E-state index in [-0.39, 0.29) is 0 Å². The van der Waals surface area contributed by atoms with Crippen LogP contribution in [0.25, 0.3) is 117 Å². The molecule has 8 aromatic carbocycles. The maximum atomic E-state index is 6.89. The summed E-state index contributed by atoms with van der Waals surface area (Å²) < 4.78 is 15.5. The second kappa shape index (κ2) is 12.3. The molecule has 0 amide bonds. The van der Waals surface area contributed by atoms with Gasteiger partial charge in [0.2, 0.25) is 0 Å². The van der Waals surface area contributed by atoms with E-state index in [1.165, 1.54) is 10.8 Å². The second-order valence-electron chi connectivity index (χ2n) is 14.3. The van der Waals surface area contributed by atoms with Crippen molar-refractivity contribution in [3.05, 3.63) is 182 Å². The van der Waals surface area contributed by atoms with Crippen molar-refractivity contribution in [3.63, 3.8) is 0 Å². The van der Waals surface area contributed by atoms with E-state index in [1.807, 2.05) is 72.8 Å². The molecule has 6 nitrogen and oxygen atoms in total. The Hall–Kier alpha value is -7.83. The van der Waals surface area contributed by atoms with Gasteiger partial charge in [0, 0.05) is 60.3 Å². The van der Waals surface area contributed by atoms with E-state index < -0.39 is 0 Å². The van der Waals surface area contributed by atoms with E-state index in [1.54, 1.807) is 0 Å². The summed E-state index contributed by atoms with van der Waals surface area (Å²) in [5.74, 6) is 1.73. The first-order valence-corrected chi connectivity index (χ1v) is 19.0. The van der Waals surface area contributed by atoms with Crippen LogP contribution in [-0.4, -0.2) is 19.5 Å². The third-order valence-electron chi connectivity index (χ3n) is 11.1. The van der Waals surface area contributed by atoms with E-state index in [0.29, 0.717) is 17.5 Å². The minimum atomic E-state index is 0.565. The van der Waals surface area contributed by atoms with Crippen LogP contribution in [0.5, 0.6) is 0 Å². The van der Waals surface area contributed by atoms with Crippen LogP contribution < -0.4 is 0 Å². The molecular formula is C51H30N4O2. The normalized spacial score (nSPS) is 11.9. The molecule has 0 saturated heterocycles. The van der Waals surface area contributed by atoms with Crippen LogP contribution in [-0.2, 0) is 0 Å². The first kappa shape index (κ1) is 31.5. The Morgan fingerprint density at radius 1 is 0.333 bits per heavy atom. The van der Waals surface area contributed by atoms with Gasteiger partial charge in [0.1, 0.15) is 22.3 Å². The predicted octanol–water partition coefficient (Wildman–Crippen LogP) is 13.4. The molecule has 0 aliphatic rings. The summed E-state index contributed by atoms with van der Waals surface area (Å²) in [4.78, 5) is 15.5. The summed E-state index contributed by atoms with van der Waals surface area (Å²) in [5, 5.41) is 6.31. The molecule has 0 fully saturated rings. The van der Waals surface area contributed by atoms with Crippen molar-refractivity contribution in [1.29, 1.82) is 0 Å². The van der Waals surface area contributed by atoms with Crippen molar-refractivity contribution in [2.75, 3.05) is 0 Å². The number of rotatable bonds is 5. The lowest BCUT2D eigenvalue weighted by Gasteiger charge is -2.10. The molecule has 0 N–H and O–H groups in total. The largest absolute Gasteiger partial charge is 0.456 e. The van der Waals surface area contributed by atoms with E-state index in [9.17, 15) is 0 Å². The van der Waals surface area contributed by atoms with Crippen molar-refractivity contribution < 1.29 is 8.83 Å². The average Bonchev–Trinajstić information content (AvgIpc) is 3.97. The van der Waals surface area contributed by atoms with E-state index >= 15 is 0 Å². The Balaban J connectivity index is 1.11. The molecule has 0 aliphatic carbocycles. The van der Waals surface area contributed by atoms with Gasteiger partial charge in [-0.15, -0.1) is 0 Å². The molecule has 0 atom stereocenters. The van der Waals surface area contributed by atoms with Gasteiger partial charge < -0.3 is 13.4 Å². The third kappa shape index (κ3) is 4.81. The molecule has 12 rings (SSSR count).